The van der Waals surface area contributed by atoms with Gasteiger partial charge in [0.1, 0.15) is 5.58 Å². The number of fused-ring (bicyclic) bond motifs is 1. The van der Waals surface area contributed by atoms with E-state index >= 15 is 0 Å². The minimum atomic E-state index is -0.365. The predicted octanol–water partition coefficient (Wildman–Crippen LogP) is 3.05. The molecule has 0 radical (unpaired) electrons. The Balaban J connectivity index is 1.69. The number of hydrogen-bond donors (Lipinski definition) is 1. The van der Waals surface area contributed by atoms with Crippen LogP contribution < -0.4 is 10.9 Å². The molecule has 25 heavy (non-hydrogen) atoms. The molecule has 1 N–H and O–H groups in total. The molecule has 0 aliphatic heterocycles. The van der Waals surface area contributed by atoms with Crippen LogP contribution in [0.1, 0.15) is 28.7 Å². The van der Waals surface area contributed by atoms with Crippen molar-refractivity contribution >= 4 is 16.9 Å². The maximum Gasteiger partial charge on any atom is 0.339 e. The van der Waals surface area contributed by atoms with Crippen LogP contribution in [-0.2, 0) is 17.8 Å². The van der Waals surface area contributed by atoms with E-state index in [2.05, 4.69) is 10.3 Å². The summed E-state index contributed by atoms with van der Waals surface area (Å²) in [6.45, 7) is 4.28. The summed E-state index contributed by atoms with van der Waals surface area (Å²) in [5.41, 5.74) is 3.65. The molecule has 0 unspecified atom stereocenters. The summed E-state index contributed by atoms with van der Waals surface area (Å²) in [5, 5.41) is 3.75. The highest BCUT2D eigenvalue weighted by Crippen LogP contribution is 2.21. The molecule has 3 aromatic rings. The van der Waals surface area contributed by atoms with Crippen molar-refractivity contribution in [3.63, 3.8) is 0 Å². The Morgan fingerprint density at radius 3 is 2.84 bits per heavy atom. The zero-order chi connectivity index (χ0) is 17.8. The van der Waals surface area contributed by atoms with Gasteiger partial charge in [0, 0.05) is 36.3 Å². The molecule has 2 aromatic heterocycles. The van der Waals surface area contributed by atoms with Crippen LogP contribution in [0.15, 0.2) is 51.9 Å². The van der Waals surface area contributed by atoms with Crippen LogP contribution in [0.3, 0.4) is 0 Å². The number of rotatable bonds is 5. The Bertz CT molecular complexity index is 962. The number of hydrogen-bond acceptors (Lipinski definition) is 4. The maximum absolute atomic E-state index is 12.3. The first-order valence-corrected chi connectivity index (χ1v) is 8.23. The standard InChI is InChI=1S/C20H20N2O3/c1-13-5-6-16-14(2)17(20(24)25-18(16)10-13)7-8-19(23)22-12-15-4-3-9-21-11-15/h3-6,9-11H,7-8,12H2,1-2H3,(H,22,23). The number of benzene rings is 1. The van der Waals surface area contributed by atoms with Crippen molar-refractivity contribution in [3.8, 4) is 0 Å². The molecular formula is C20H20N2O3. The molecule has 0 aliphatic rings. The molecule has 0 fully saturated rings. The molecule has 5 heteroatoms. The molecule has 0 bridgehead atoms. The number of aryl methyl sites for hydroxylation is 2. The molecular weight excluding hydrogens is 316 g/mol. The van der Waals surface area contributed by atoms with E-state index in [-0.39, 0.29) is 18.0 Å². The fourth-order valence-electron chi connectivity index (χ4n) is 2.82. The second-order valence-electron chi connectivity index (χ2n) is 6.13. The van der Waals surface area contributed by atoms with Crippen LogP contribution in [0, 0.1) is 13.8 Å². The van der Waals surface area contributed by atoms with Crippen molar-refractivity contribution in [2.45, 2.75) is 33.2 Å². The van der Waals surface area contributed by atoms with E-state index in [9.17, 15) is 9.59 Å². The Morgan fingerprint density at radius 1 is 1.24 bits per heavy atom. The Morgan fingerprint density at radius 2 is 2.08 bits per heavy atom. The van der Waals surface area contributed by atoms with E-state index < -0.39 is 0 Å². The molecule has 1 amide bonds. The van der Waals surface area contributed by atoms with Gasteiger partial charge in [-0.25, -0.2) is 4.79 Å². The van der Waals surface area contributed by atoms with Gasteiger partial charge in [-0.3, -0.25) is 9.78 Å². The third-order valence-electron chi connectivity index (χ3n) is 4.26. The van der Waals surface area contributed by atoms with Gasteiger partial charge in [-0.1, -0.05) is 18.2 Å². The third-order valence-corrected chi connectivity index (χ3v) is 4.26. The summed E-state index contributed by atoms with van der Waals surface area (Å²) in [7, 11) is 0. The predicted molar refractivity (Wildman–Crippen MR) is 96.4 cm³/mol. The van der Waals surface area contributed by atoms with Gasteiger partial charge in [0.15, 0.2) is 0 Å². The summed E-state index contributed by atoms with van der Waals surface area (Å²) < 4.78 is 5.42. The molecule has 0 aliphatic carbocycles. The lowest BCUT2D eigenvalue weighted by atomic mass is 10.0. The quantitative estimate of drug-likeness (QED) is 0.727. The highest BCUT2D eigenvalue weighted by molar-refractivity contribution is 5.82. The van der Waals surface area contributed by atoms with Gasteiger partial charge in [-0.2, -0.15) is 0 Å². The second-order valence-corrected chi connectivity index (χ2v) is 6.13. The fraction of sp³-hybridized carbons (Fsp3) is 0.250. The third kappa shape index (κ3) is 3.94. The van der Waals surface area contributed by atoms with Crippen LogP contribution in [0.5, 0.6) is 0 Å². The summed E-state index contributed by atoms with van der Waals surface area (Å²) in [4.78, 5) is 28.3. The number of nitrogens with one attached hydrogen (secondary N) is 1. The SMILES string of the molecule is Cc1ccc2c(C)c(CCC(=O)NCc3cccnc3)c(=O)oc2c1. The summed E-state index contributed by atoms with van der Waals surface area (Å²) in [6, 6.07) is 9.52. The van der Waals surface area contributed by atoms with Gasteiger partial charge in [0.25, 0.3) is 0 Å². The smallest absolute Gasteiger partial charge is 0.339 e. The van der Waals surface area contributed by atoms with Gasteiger partial charge in [-0.05, 0) is 49.1 Å². The second kappa shape index (κ2) is 7.30. The largest absolute Gasteiger partial charge is 0.423 e. The number of pyridine rings is 1. The fourth-order valence-corrected chi connectivity index (χ4v) is 2.82. The number of carbonyl (C=O) groups excluding carboxylic acids is 1. The zero-order valence-corrected chi connectivity index (χ0v) is 14.3. The monoisotopic (exact) mass is 336 g/mol. The van der Waals surface area contributed by atoms with Crippen LogP contribution in [0.2, 0.25) is 0 Å². The topological polar surface area (TPSA) is 72.2 Å². The Kier molecular flexibility index (Phi) is 4.93. The van der Waals surface area contributed by atoms with Gasteiger partial charge >= 0.3 is 5.63 Å². The average molecular weight is 336 g/mol. The van der Waals surface area contributed by atoms with Crippen molar-refractivity contribution < 1.29 is 9.21 Å². The molecule has 0 saturated heterocycles. The van der Waals surface area contributed by atoms with Crippen LogP contribution in [-0.4, -0.2) is 10.9 Å². The first-order chi connectivity index (χ1) is 12.0. The minimum Gasteiger partial charge on any atom is -0.423 e. The van der Waals surface area contributed by atoms with Gasteiger partial charge in [0.2, 0.25) is 5.91 Å². The molecule has 0 spiro atoms. The Hall–Kier alpha value is -2.95. The first kappa shape index (κ1) is 16.9. The van der Waals surface area contributed by atoms with Gasteiger partial charge in [-0.15, -0.1) is 0 Å². The maximum atomic E-state index is 12.3. The molecule has 5 nitrogen and oxygen atoms in total. The van der Waals surface area contributed by atoms with E-state index in [1.54, 1.807) is 12.4 Å². The first-order valence-electron chi connectivity index (χ1n) is 8.23. The van der Waals surface area contributed by atoms with E-state index in [1.807, 2.05) is 44.2 Å². The summed E-state index contributed by atoms with van der Waals surface area (Å²) >= 11 is 0. The molecule has 0 saturated carbocycles. The van der Waals surface area contributed by atoms with Crippen LogP contribution in [0.4, 0.5) is 0 Å². The number of carbonyl (C=O) groups is 1. The van der Waals surface area contributed by atoms with Crippen molar-refractivity contribution in [1.29, 1.82) is 0 Å². The zero-order valence-electron chi connectivity index (χ0n) is 14.3. The van der Waals surface area contributed by atoms with Crippen LogP contribution >= 0.6 is 0 Å². The minimum absolute atomic E-state index is 0.105. The van der Waals surface area contributed by atoms with Crippen molar-refractivity contribution in [1.82, 2.24) is 10.3 Å². The van der Waals surface area contributed by atoms with E-state index in [0.717, 1.165) is 22.1 Å². The van der Waals surface area contributed by atoms with E-state index in [4.69, 9.17) is 4.42 Å². The van der Waals surface area contributed by atoms with Crippen molar-refractivity contribution in [2.24, 2.45) is 0 Å². The normalized spacial score (nSPS) is 10.8. The molecule has 0 atom stereocenters. The Labute approximate surface area is 145 Å². The molecule has 128 valence electrons. The number of aromatic nitrogens is 1. The van der Waals surface area contributed by atoms with Crippen LogP contribution in [0.25, 0.3) is 11.0 Å². The van der Waals surface area contributed by atoms with E-state index in [0.29, 0.717) is 24.1 Å². The molecule has 1 aromatic carbocycles. The highest BCUT2D eigenvalue weighted by atomic mass is 16.4. The lowest BCUT2D eigenvalue weighted by Gasteiger charge is -2.09. The lowest BCUT2D eigenvalue weighted by molar-refractivity contribution is -0.121. The van der Waals surface area contributed by atoms with Crippen molar-refractivity contribution in [3.05, 3.63) is 75.4 Å². The molecule has 2 heterocycles. The van der Waals surface area contributed by atoms with Gasteiger partial charge in [0.05, 0.1) is 0 Å². The summed E-state index contributed by atoms with van der Waals surface area (Å²) in [6.07, 6.45) is 4.00. The van der Waals surface area contributed by atoms with Crippen molar-refractivity contribution in [2.75, 3.05) is 0 Å². The number of amides is 1. The lowest BCUT2D eigenvalue weighted by Crippen LogP contribution is -2.24. The highest BCUT2D eigenvalue weighted by Gasteiger charge is 2.13. The number of nitrogens with zero attached hydrogens (tertiary/aromatic N) is 1. The van der Waals surface area contributed by atoms with Gasteiger partial charge < -0.3 is 9.73 Å². The average Bonchev–Trinajstić information content (AvgIpc) is 2.60. The molecule has 3 rings (SSSR count). The summed E-state index contributed by atoms with van der Waals surface area (Å²) in [5.74, 6) is -0.105. The van der Waals surface area contributed by atoms with E-state index in [1.165, 1.54) is 0 Å².